The Kier molecular flexibility index (Phi) is 3.66. The van der Waals surface area contributed by atoms with Gasteiger partial charge in [-0.2, -0.15) is 0 Å². The number of hydrogen-bond acceptors (Lipinski definition) is 3. The standard InChI is InChI=1S/C16H17N3O3/c1-18-14(20)17-15(21)19(16(18)22)13-9-5-8-12(10-13)11-6-3-2-4-7-11/h5-6,8-10H,2-4,7H2,1H3,(H,17,20,21). The van der Waals surface area contributed by atoms with E-state index >= 15 is 0 Å². The maximum absolute atomic E-state index is 12.2. The average molecular weight is 299 g/mol. The average Bonchev–Trinajstić information content (AvgIpc) is 2.54. The summed E-state index contributed by atoms with van der Waals surface area (Å²) in [6, 6.07) is 7.30. The zero-order valence-corrected chi connectivity index (χ0v) is 12.3. The maximum atomic E-state index is 12.2. The summed E-state index contributed by atoms with van der Waals surface area (Å²) in [5.74, 6) is 0. The van der Waals surface area contributed by atoms with Gasteiger partial charge in [-0.1, -0.05) is 18.2 Å². The van der Waals surface area contributed by atoms with Crippen molar-refractivity contribution in [3.63, 3.8) is 0 Å². The first-order chi connectivity index (χ1) is 10.6. The maximum Gasteiger partial charge on any atom is 0.340 e. The largest absolute Gasteiger partial charge is 0.340 e. The number of benzene rings is 1. The molecule has 0 amide bonds. The summed E-state index contributed by atoms with van der Waals surface area (Å²) in [6.45, 7) is 0. The van der Waals surface area contributed by atoms with E-state index in [9.17, 15) is 14.4 Å². The van der Waals surface area contributed by atoms with E-state index in [4.69, 9.17) is 0 Å². The SMILES string of the molecule is Cn1c(=O)[nH]c(=O)n(-c2cccc(C3=CCCCC3)c2)c1=O. The Morgan fingerprint density at radius 1 is 1.09 bits per heavy atom. The number of hydrogen-bond donors (Lipinski definition) is 1. The van der Waals surface area contributed by atoms with Crippen LogP contribution in [0.2, 0.25) is 0 Å². The van der Waals surface area contributed by atoms with Gasteiger partial charge >= 0.3 is 17.1 Å². The Morgan fingerprint density at radius 2 is 1.91 bits per heavy atom. The molecule has 0 radical (unpaired) electrons. The highest BCUT2D eigenvalue weighted by atomic mass is 16.2. The number of nitrogens with zero attached hydrogens (tertiary/aromatic N) is 2. The molecule has 0 spiro atoms. The van der Waals surface area contributed by atoms with Crippen LogP contribution >= 0.6 is 0 Å². The lowest BCUT2D eigenvalue weighted by Crippen LogP contribution is -2.47. The van der Waals surface area contributed by atoms with Crippen molar-refractivity contribution in [1.29, 1.82) is 0 Å². The van der Waals surface area contributed by atoms with Crippen LogP contribution in [0, 0.1) is 0 Å². The van der Waals surface area contributed by atoms with Gasteiger partial charge in [-0.25, -0.2) is 23.5 Å². The predicted octanol–water partition coefficient (Wildman–Crippen LogP) is 1.18. The zero-order chi connectivity index (χ0) is 15.7. The van der Waals surface area contributed by atoms with Crippen molar-refractivity contribution in [2.24, 2.45) is 7.05 Å². The van der Waals surface area contributed by atoms with Crippen molar-refractivity contribution < 1.29 is 0 Å². The normalized spacial score (nSPS) is 14.7. The Balaban J connectivity index is 2.17. The van der Waals surface area contributed by atoms with Gasteiger partial charge in [-0.15, -0.1) is 0 Å². The number of nitrogens with one attached hydrogen (secondary N) is 1. The first-order valence-corrected chi connectivity index (χ1v) is 7.30. The van der Waals surface area contributed by atoms with Crippen LogP contribution in [0.4, 0.5) is 0 Å². The molecule has 1 N–H and O–H groups in total. The Bertz CT molecular complexity index is 915. The smallest absolute Gasteiger partial charge is 0.258 e. The van der Waals surface area contributed by atoms with Gasteiger partial charge in [0.05, 0.1) is 5.69 Å². The molecular formula is C16H17N3O3. The molecule has 1 aliphatic rings. The van der Waals surface area contributed by atoms with Crippen LogP contribution in [0.1, 0.15) is 31.2 Å². The topological polar surface area (TPSA) is 76.9 Å². The van der Waals surface area contributed by atoms with Crippen molar-refractivity contribution in [3.05, 3.63) is 67.4 Å². The van der Waals surface area contributed by atoms with Crippen LogP contribution in [0.25, 0.3) is 11.3 Å². The van der Waals surface area contributed by atoms with Gasteiger partial charge in [0.25, 0.3) is 0 Å². The molecule has 0 atom stereocenters. The Morgan fingerprint density at radius 3 is 2.64 bits per heavy atom. The summed E-state index contributed by atoms with van der Waals surface area (Å²) in [6.07, 6.45) is 6.61. The number of rotatable bonds is 2. The monoisotopic (exact) mass is 299 g/mol. The molecule has 0 saturated heterocycles. The third-order valence-electron chi connectivity index (χ3n) is 3.97. The Hall–Kier alpha value is -2.63. The van der Waals surface area contributed by atoms with Crippen LogP contribution < -0.4 is 17.1 Å². The van der Waals surface area contributed by atoms with Crippen molar-refractivity contribution in [2.45, 2.75) is 25.7 Å². The second kappa shape index (κ2) is 5.63. The van der Waals surface area contributed by atoms with Gasteiger partial charge in [-0.05, 0) is 49.0 Å². The lowest BCUT2D eigenvalue weighted by atomic mass is 9.93. The summed E-state index contributed by atoms with van der Waals surface area (Å²) in [4.78, 5) is 37.8. The van der Waals surface area contributed by atoms with E-state index in [0.717, 1.165) is 34.0 Å². The van der Waals surface area contributed by atoms with E-state index in [1.807, 2.05) is 18.2 Å². The zero-order valence-electron chi connectivity index (χ0n) is 12.3. The molecule has 0 bridgehead atoms. The third-order valence-corrected chi connectivity index (χ3v) is 3.97. The van der Waals surface area contributed by atoms with Crippen LogP contribution in [0.3, 0.4) is 0 Å². The van der Waals surface area contributed by atoms with Crippen molar-refractivity contribution in [3.8, 4) is 5.69 Å². The second-order valence-electron chi connectivity index (χ2n) is 5.44. The minimum Gasteiger partial charge on any atom is -0.258 e. The van der Waals surface area contributed by atoms with Crippen LogP contribution in [0.5, 0.6) is 0 Å². The first-order valence-electron chi connectivity index (χ1n) is 7.30. The highest BCUT2D eigenvalue weighted by molar-refractivity contribution is 5.67. The number of allylic oxidation sites excluding steroid dienone is 2. The molecule has 114 valence electrons. The van der Waals surface area contributed by atoms with Crippen LogP contribution in [-0.2, 0) is 7.05 Å². The fraction of sp³-hybridized carbons (Fsp3) is 0.312. The molecule has 0 unspecified atom stereocenters. The Labute approximate surface area is 126 Å². The highest BCUT2D eigenvalue weighted by Gasteiger charge is 2.11. The summed E-state index contributed by atoms with van der Waals surface area (Å²) in [5, 5.41) is 0. The fourth-order valence-electron chi connectivity index (χ4n) is 2.73. The predicted molar refractivity (Wildman–Crippen MR) is 84.3 cm³/mol. The van der Waals surface area contributed by atoms with E-state index in [1.165, 1.54) is 19.0 Å². The molecule has 3 rings (SSSR count). The molecule has 0 fully saturated rings. The first kappa shape index (κ1) is 14.3. The summed E-state index contributed by atoms with van der Waals surface area (Å²) < 4.78 is 1.86. The quantitative estimate of drug-likeness (QED) is 0.904. The van der Waals surface area contributed by atoms with Gasteiger partial charge in [0.15, 0.2) is 0 Å². The molecule has 6 nitrogen and oxygen atoms in total. The van der Waals surface area contributed by atoms with Gasteiger partial charge < -0.3 is 0 Å². The third kappa shape index (κ3) is 2.47. The summed E-state index contributed by atoms with van der Waals surface area (Å²) >= 11 is 0. The van der Waals surface area contributed by atoms with Crippen molar-refractivity contribution in [2.75, 3.05) is 0 Å². The van der Waals surface area contributed by atoms with Gasteiger partial charge in [0.2, 0.25) is 0 Å². The summed E-state index contributed by atoms with van der Waals surface area (Å²) in [7, 11) is 1.34. The van der Waals surface area contributed by atoms with Crippen molar-refractivity contribution >= 4 is 5.57 Å². The second-order valence-corrected chi connectivity index (χ2v) is 5.44. The van der Waals surface area contributed by atoms with E-state index in [-0.39, 0.29) is 0 Å². The minimum absolute atomic E-state index is 0.464. The van der Waals surface area contributed by atoms with Gasteiger partial charge in [0.1, 0.15) is 0 Å². The molecule has 0 saturated carbocycles. The van der Waals surface area contributed by atoms with Crippen molar-refractivity contribution in [1.82, 2.24) is 14.1 Å². The lowest BCUT2D eigenvalue weighted by Gasteiger charge is -2.14. The molecular weight excluding hydrogens is 282 g/mol. The fourth-order valence-corrected chi connectivity index (χ4v) is 2.73. The highest BCUT2D eigenvalue weighted by Crippen LogP contribution is 2.27. The molecule has 1 aromatic carbocycles. The number of H-pyrrole nitrogens is 1. The van der Waals surface area contributed by atoms with E-state index in [1.54, 1.807) is 6.07 Å². The van der Waals surface area contributed by atoms with Crippen LogP contribution in [0.15, 0.2) is 44.7 Å². The molecule has 1 aromatic heterocycles. The number of aromatic nitrogens is 3. The van der Waals surface area contributed by atoms with Gasteiger partial charge in [-0.3, -0.25) is 4.98 Å². The molecule has 1 aliphatic carbocycles. The van der Waals surface area contributed by atoms with Gasteiger partial charge in [0, 0.05) is 7.05 Å². The van der Waals surface area contributed by atoms with Crippen LogP contribution in [-0.4, -0.2) is 14.1 Å². The molecule has 6 heteroatoms. The molecule has 2 aromatic rings. The lowest BCUT2D eigenvalue weighted by molar-refractivity contribution is 0.660. The number of aromatic amines is 1. The molecule has 22 heavy (non-hydrogen) atoms. The molecule has 0 aliphatic heterocycles. The summed E-state index contributed by atoms with van der Waals surface area (Å²) in [5.41, 5.74) is 0.634. The molecule has 1 heterocycles. The van der Waals surface area contributed by atoms with E-state index < -0.39 is 17.1 Å². The minimum atomic E-state index is -0.720. The van der Waals surface area contributed by atoms with E-state index in [2.05, 4.69) is 11.1 Å². The van der Waals surface area contributed by atoms with E-state index in [0.29, 0.717) is 5.69 Å².